The van der Waals surface area contributed by atoms with Gasteiger partial charge < -0.3 is 9.84 Å². The summed E-state index contributed by atoms with van der Waals surface area (Å²) in [6, 6.07) is 14.0. The largest absolute Gasteiger partial charge is 0.491 e. The van der Waals surface area contributed by atoms with Crippen molar-refractivity contribution in [1.29, 1.82) is 0 Å². The van der Waals surface area contributed by atoms with E-state index in [-0.39, 0.29) is 0 Å². The summed E-state index contributed by atoms with van der Waals surface area (Å²) < 4.78 is 5.77. The normalized spacial score (nSPS) is 21.5. The number of aliphatic hydroxyl groups is 1. The van der Waals surface area contributed by atoms with Gasteiger partial charge in [-0.15, -0.1) is 0 Å². The van der Waals surface area contributed by atoms with Crippen molar-refractivity contribution in [2.45, 2.75) is 32.4 Å². The zero-order valence-corrected chi connectivity index (χ0v) is 13.8. The Morgan fingerprint density at radius 3 is 2.70 bits per heavy atom. The van der Waals surface area contributed by atoms with Crippen molar-refractivity contribution in [2.75, 3.05) is 19.7 Å². The first-order valence-electron chi connectivity index (χ1n) is 8.09. The van der Waals surface area contributed by atoms with E-state index in [1.807, 2.05) is 56.3 Å². The predicted octanol–water partition coefficient (Wildman–Crippen LogP) is 2.71. The van der Waals surface area contributed by atoms with Crippen molar-refractivity contribution in [3.8, 4) is 5.75 Å². The van der Waals surface area contributed by atoms with Gasteiger partial charge in [-0.05, 0) is 44.5 Å². The number of likely N-dealkylation sites (tertiary alicyclic amines) is 1. The van der Waals surface area contributed by atoms with Crippen molar-refractivity contribution in [1.82, 2.24) is 9.88 Å². The van der Waals surface area contributed by atoms with Crippen LogP contribution in [-0.2, 0) is 6.54 Å². The van der Waals surface area contributed by atoms with Crippen LogP contribution >= 0.6 is 0 Å². The zero-order chi connectivity index (χ0) is 16.3. The van der Waals surface area contributed by atoms with Gasteiger partial charge in [0.25, 0.3) is 0 Å². The number of aromatic nitrogens is 1. The highest BCUT2D eigenvalue weighted by atomic mass is 16.5. The van der Waals surface area contributed by atoms with Crippen LogP contribution in [0.1, 0.15) is 23.4 Å². The van der Waals surface area contributed by atoms with Gasteiger partial charge in [0.2, 0.25) is 0 Å². The molecular formula is C19H24N2O2. The summed E-state index contributed by atoms with van der Waals surface area (Å²) in [5.74, 6) is 0.808. The van der Waals surface area contributed by atoms with Gasteiger partial charge in [0, 0.05) is 25.3 Å². The molecule has 1 aliphatic heterocycles. The molecule has 4 nitrogen and oxygen atoms in total. The van der Waals surface area contributed by atoms with Gasteiger partial charge in [-0.1, -0.05) is 23.8 Å². The molecule has 0 radical (unpaired) electrons. The second kappa shape index (κ2) is 6.69. The molecule has 1 atom stereocenters. The molecule has 0 amide bonds. The Bertz CT molecular complexity index is 657. The van der Waals surface area contributed by atoms with Crippen LogP contribution in [0.4, 0.5) is 0 Å². The third-order valence-electron chi connectivity index (χ3n) is 4.27. The minimum Gasteiger partial charge on any atom is -0.491 e. The number of aryl methyl sites for hydroxylation is 2. The lowest BCUT2D eigenvalue weighted by atomic mass is 10.1. The summed E-state index contributed by atoms with van der Waals surface area (Å²) in [6.45, 7) is 6.63. The van der Waals surface area contributed by atoms with Crippen LogP contribution in [0, 0.1) is 13.8 Å². The maximum absolute atomic E-state index is 10.7. The van der Waals surface area contributed by atoms with Gasteiger partial charge in [0.05, 0.1) is 5.69 Å². The molecule has 1 aromatic heterocycles. The average Bonchev–Trinajstić information content (AvgIpc) is 2.88. The van der Waals surface area contributed by atoms with Crippen molar-refractivity contribution in [3.05, 3.63) is 59.4 Å². The highest BCUT2D eigenvalue weighted by Gasteiger charge is 2.36. The molecule has 1 aliphatic rings. The van der Waals surface area contributed by atoms with Crippen LogP contribution in [-0.4, -0.2) is 40.3 Å². The molecule has 0 aliphatic carbocycles. The lowest BCUT2D eigenvalue weighted by Crippen LogP contribution is -2.39. The molecule has 23 heavy (non-hydrogen) atoms. The van der Waals surface area contributed by atoms with E-state index in [0.29, 0.717) is 13.2 Å². The van der Waals surface area contributed by atoms with Crippen molar-refractivity contribution in [2.24, 2.45) is 0 Å². The molecule has 122 valence electrons. The number of hydrogen-bond acceptors (Lipinski definition) is 4. The van der Waals surface area contributed by atoms with Crippen LogP contribution in [0.2, 0.25) is 0 Å². The topological polar surface area (TPSA) is 45.6 Å². The van der Waals surface area contributed by atoms with E-state index in [0.717, 1.165) is 36.6 Å². The zero-order valence-electron chi connectivity index (χ0n) is 13.8. The first kappa shape index (κ1) is 16.0. The summed E-state index contributed by atoms with van der Waals surface area (Å²) in [6.07, 6.45) is 0.727. The van der Waals surface area contributed by atoms with E-state index in [1.165, 1.54) is 5.56 Å². The summed E-state index contributed by atoms with van der Waals surface area (Å²) in [4.78, 5) is 6.77. The van der Waals surface area contributed by atoms with Crippen LogP contribution in [0.25, 0.3) is 0 Å². The molecule has 1 N–H and O–H groups in total. The first-order chi connectivity index (χ1) is 11.0. The molecule has 4 heteroatoms. The van der Waals surface area contributed by atoms with Crippen LogP contribution in [0.5, 0.6) is 5.75 Å². The Hall–Kier alpha value is -1.91. The number of hydrogen-bond donors (Lipinski definition) is 1. The minimum atomic E-state index is -0.783. The van der Waals surface area contributed by atoms with E-state index in [4.69, 9.17) is 4.74 Å². The monoisotopic (exact) mass is 312 g/mol. The SMILES string of the molecule is Cc1ccc(OC[C@]2(O)CCN(Cc3cccc(C)n3)C2)cc1. The fourth-order valence-electron chi connectivity index (χ4n) is 2.96. The predicted molar refractivity (Wildman–Crippen MR) is 90.5 cm³/mol. The fraction of sp³-hybridized carbons (Fsp3) is 0.421. The van der Waals surface area contributed by atoms with Gasteiger partial charge in [0.1, 0.15) is 18.0 Å². The van der Waals surface area contributed by atoms with Crippen molar-refractivity contribution >= 4 is 0 Å². The molecule has 2 aromatic rings. The number of nitrogens with zero attached hydrogens (tertiary/aromatic N) is 2. The molecular weight excluding hydrogens is 288 g/mol. The lowest BCUT2D eigenvalue weighted by Gasteiger charge is -2.23. The smallest absolute Gasteiger partial charge is 0.119 e. The van der Waals surface area contributed by atoms with Crippen molar-refractivity contribution < 1.29 is 9.84 Å². The summed E-state index contributed by atoms with van der Waals surface area (Å²) in [5.41, 5.74) is 2.50. The fourth-order valence-corrected chi connectivity index (χ4v) is 2.96. The van der Waals surface area contributed by atoms with E-state index < -0.39 is 5.60 Å². The van der Waals surface area contributed by atoms with Gasteiger partial charge in [-0.25, -0.2) is 0 Å². The summed E-state index contributed by atoms with van der Waals surface area (Å²) in [5, 5.41) is 10.7. The van der Waals surface area contributed by atoms with E-state index >= 15 is 0 Å². The third-order valence-corrected chi connectivity index (χ3v) is 4.27. The number of β-amino-alcohol motifs (C(OH)–C–C–N with tert-alkyl or cyclic N) is 1. The molecule has 2 heterocycles. The Labute approximate surface area is 137 Å². The van der Waals surface area contributed by atoms with Gasteiger partial charge >= 0.3 is 0 Å². The van der Waals surface area contributed by atoms with Crippen LogP contribution < -0.4 is 4.74 Å². The molecule has 0 bridgehead atoms. The third kappa shape index (κ3) is 4.30. The quantitative estimate of drug-likeness (QED) is 0.922. The van der Waals surface area contributed by atoms with E-state index in [2.05, 4.69) is 9.88 Å². The second-order valence-electron chi connectivity index (χ2n) is 6.56. The number of ether oxygens (including phenoxy) is 1. The standard InChI is InChI=1S/C19H24N2O2/c1-15-6-8-18(9-7-15)23-14-19(22)10-11-21(13-19)12-17-5-3-4-16(2)20-17/h3-9,22H,10-14H2,1-2H3/t19-/m0/s1. The van der Waals surface area contributed by atoms with E-state index in [1.54, 1.807) is 0 Å². The first-order valence-corrected chi connectivity index (χ1v) is 8.09. The molecule has 1 fully saturated rings. The molecule has 1 aromatic carbocycles. The molecule has 0 saturated carbocycles. The van der Waals surface area contributed by atoms with Crippen molar-refractivity contribution in [3.63, 3.8) is 0 Å². The molecule has 3 rings (SSSR count). The summed E-state index contributed by atoms with van der Waals surface area (Å²) in [7, 11) is 0. The highest BCUT2D eigenvalue weighted by Crippen LogP contribution is 2.24. The van der Waals surface area contributed by atoms with Gasteiger partial charge in [0.15, 0.2) is 0 Å². The molecule has 1 saturated heterocycles. The lowest BCUT2D eigenvalue weighted by molar-refractivity contribution is 0.00330. The number of benzene rings is 1. The maximum atomic E-state index is 10.7. The Morgan fingerprint density at radius 1 is 1.17 bits per heavy atom. The Kier molecular flexibility index (Phi) is 4.64. The second-order valence-corrected chi connectivity index (χ2v) is 6.56. The maximum Gasteiger partial charge on any atom is 0.119 e. The Balaban J connectivity index is 1.54. The van der Waals surface area contributed by atoms with E-state index in [9.17, 15) is 5.11 Å². The van der Waals surface area contributed by atoms with Crippen LogP contribution in [0.3, 0.4) is 0 Å². The van der Waals surface area contributed by atoms with Gasteiger partial charge in [-0.3, -0.25) is 9.88 Å². The molecule has 0 unspecified atom stereocenters. The number of rotatable bonds is 5. The highest BCUT2D eigenvalue weighted by molar-refractivity contribution is 5.26. The Morgan fingerprint density at radius 2 is 1.96 bits per heavy atom. The molecule has 0 spiro atoms. The average molecular weight is 312 g/mol. The van der Waals surface area contributed by atoms with Gasteiger partial charge in [-0.2, -0.15) is 0 Å². The minimum absolute atomic E-state index is 0.327. The summed E-state index contributed by atoms with van der Waals surface area (Å²) >= 11 is 0. The number of pyridine rings is 1. The van der Waals surface area contributed by atoms with Crippen LogP contribution in [0.15, 0.2) is 42.5 Å².